The van der Waals surface area contributed by atoms with Gasteiger partial charge >= 0.3 is 5.97 Å². The molecule has 0 spiro atoms. The predicted molar refractivity (Wildman–Crippen MR) is 80.6 cm³/mol. The van der Waals surface area contributed by atoms with Crippen LogP contribution >= 0.6 is 0 Å². The van der Waals surface area contributed by atoms with Crippen molar-refractivity contribution < 1.29 is 24.2 Å². The molecule has 2 amide bonds. The summed E-state index contributed by atoms with van der Waals surface area (Å²) in [7, 11) is 0. The molecule has 0 aromatic rings. The lowest BCUT2D eigenvalue weighted by Gasteiger charge is -2.33. The fraction of sp³-hybridized carbons (Fsp3) is 0.812. The second-order valence-electron chi connectivity index (χ2n) is 6.84. The van der Waals surface area contributed by atoms with Crippen molar-refractivity contribution in [2.24, 2.45) is 11.8 Å². The number of hydrogen-bond acceptors (Lipinski definition) is 4. The van der Waals surface area contributed by atoms with Gasteiger partial charge in [-0.05, 0) is 44.4 Å². The van der Waals surface area contributed by atoms with Crippen LogP contribution in [-0.2, 0) is 19.1 Å². The summed E-state index contributed by atoms with van der Waals surface area (Å²) in [5.74, 6) is -0.682. The minimum absolute atomic E-state index is 0.0325. The Morgan fingerprint density at radius 1 is 1.09 bits per heavy atom. The van der Waals surface area contributed by atoms with Crippen molar-refractivity contribution in [3.8, 4) is 0 Å². The van der Waals surface area contributed by atoms with Crippen LogP contribution in [0.5, 0.6) is 0 Å². The zero-order valence-corrected chi connectivity index (χ0v) is 13.2. The van der Waals surface area contributed by atoms with Crippen LogP contribution in [0.3, 0.4) is 0 Å². The average molecular weight is 324 g/mol. The van der Waals surface area contributed by atoms with Gasteiger partial charge in [0.25, 0.3) is 5.91 Å². The highest BCUT2D eigenvalue weighted by atomic mass is 16.5. The largest absolute Gasteiger partial charge is 0.479 e. The minimum atomic E-state index is -1.02. The second-order valence-corrected chi connectivity index (χ2v) is 6.84. The summed E-state index contributed by atoms with van der Waals surface area (Å²) in [5, 5.41) is 11.9. The summed E-state index contributed by atoms with van der Waals surface area (Å²) < 4.78 is 5.33. The van der Waals surface area contributed by atoms with Gasteiger partial charge in [-0.15, -0.1) is 0 Å². The summed E-state index contributed by atoms with van der Waals surface area (Å²) >= 11 is 0. The van der Waals surface area contributed by atoms with E-state index < -0.39 is 18.2 Å². The number of hydrogen-bond donors (Lipinski definition) is 2. The number of carbonyl (C=O) groups excluding carboxylic acids is 2. The maximum Gasteiger partial charge on any atom is 0.332 e. The molecular weight excluding hydrogens is 300 g/mol. The molecule has 0 bridgehead atoms. The first-order valence-electron chi connectivity index (χ1n) is 8.49. The fourth-order valence-electron chi connectivity index (χ4n) is 3.31. The Labute approximate surface area is 135 Å². The van der Waals surface area contributed by atoms with Crippen LogP contribution in [0.4, 0.5) is 0 Å². The van der Waals surface area contributed by atoms with Crippen molar-refractivity contribution in [2.75, 3.05) is 19.6 Å². The molecule has 0 radical (unpaired) electrons. The van der Waals surface area contributed by atoms with E-state index in [2.05, 4.69) is 5.32 Å². The summed E-state index contributed by atoms with van der Waals surface area (Å²) in [4.78, 5) is 37.3. The van der Waals surface area contributed by atoms with Crippen molar-refractivity contribution in [3.63, 3.8) is 0 Å². The minimum Gasteiger partial charge on any atom is -0.479 e. The van der Waals surface area contributed by atoms with Crippen molar-refractivity contribution in [2.45, 2.75) is 50.7 Å². The molecule has 2 heterocycles. The Morgan fingerprint density at radius 2 is 1.83 bits per heavy atom. The van der Waals surface area contributed by atoms with Crippen LogP contribution < -0.4 is 5.32 Å². The lowest BCUT2D eigenvalue weighted by Crippen LogP contribution is -2.48. The van der Waals surface area contributed by atoms with Crippen molar-refractivity contribution in [1.29, 1.82) is 0 Å². The summed E-state index contributed by atoms with van der Waals surface area (Å²) in [6, 6.07) is 0. The highest BCUT2D eigenvalue weighted by molar-refractivity contribution is 5.84. The molecule has 1 saturated carbocycles. The Bertz CT molecular complexity index is 491. The predicted octanol–water partition coefficient (Wildman–Crippen LogP) is 0.383. The molecule has 2 aliphatic heterocycles. The number of likely N-dealkylation sites (tertiary alicyclic amines) is 1. The number of carbonyl (C=O) groups is 3. The van der Waals surface area contributed by atoms with E-state index in [0.717, 1.165) is 19.4 Å². The smallest absolute Gasteiger partial charge is 0.332 e. The van der Waals surface area contributed by atoms with Gasteiger partial charge in [-0.2, -0.15) is 0 Å². The van der Waals surface area contributed by atoms with Crippen LogP contribution in [0.2, 0.25) is 0 Å². The summed E-state index contributed by atoms with van der Waals surface area (Å²) in [6.45, 7) is 1.77. The van der Waals surface area contributed by atoms with Crippen LogP contribution in [0.15, 0.2) is 0 Å². The molecule has 7 nitrogen and oxygen atoms in total. The lowest BCUT2D eigenvalue weighted by molar-refractivity contribution is -0.155. The van der Waals surface area contributed by atoms with Gasteiger partial charge in [0.05, 0.1) is 5.92 Å². The molecule has 2 N–H and O–H groups in total. The van der Waals surface area contributed by atoms with E-state index in [0.29, 0.717) is 31.8 Å². The van der Waals surface area contributed by atoms with Crippen LogP contribution in [0.1, 0.15) is 38.5 Å². The molecule has 2 saturated heterocycles. The van der Waals surface area contributed by atoms with Crippen LogP contribution in [-0.4, -0.2) is 59.6 Å². The number of carboxylic acids is 1. The number of amides is 2. The molecule has 0 aromatic carbocycles. The van der Waals surface area contributed by atoms with Crippen LogP contribution in [0.25, 0.3) is 0 Å². The van der Waals surface area contributed by atoms with E-state index in [4.69, 9.17) is 9.84 Å². The topological polar surface area (TPSA) is 95.9 Å². The van der Waals surface area contributed by atoms with Gasteiger partial charge in [0.15, 0.2) is 6.10 Å². The lowest BCUT2D eigenvalue weighted by atomic mass is 9.96. The molecule has 3 aliphatic rings. The summed E-state index contributed by atoms with van der Waals surface area (Å²) in [6.07, 6.45) is 3.22. The maximum absolute atomic E-state index is 12.5. The number of piperidine rings is 1. The molecule has 1 aliphatic carbocycles. The first-order valence-corrected chi connectivity index (χ1v) is 8.49. The molecule has 3 atom stereocenters. The van der Waals surface area contributed by atoms with Crippen LogP contribution in [0, 0.1) is 11.8 Å². The monoisotopic (exact) mass is 324 g/mol. The quantitative estimate of drug-likeness (QED) is 0.762. The van der Waals surface area contributed by atoms with Crippen molar-refractivity contribution >= 4 is 17.8 Å². The Kier molecular flexibility index (Phi) is 4.84. The average Bonchev–Trinajstić information content (AvgIpc) is 3.25. The molecule has 0 aromatic heterocycles. The molecule has 23 heavy (non-hydrogen) atoms. The zero-order chi connectivity index (χ0) is 16.4. The Balaban J connectivity index is 1.50. The number of aliphatic carboxylic acids is 1. The highest BCUT2D eigenvalue weighted by Gasteiger charge is 2.38. The standard InChI is InChI=1S/C16H24N2O5/c19-14(17-8-10-3-4-10)11-2-1-7-18(9-11)15(20)12-5-6-13(23-12)16(21)22/h10-13H,1-9H2,(H,17,19)(H,21,22)/t11?,12-,13+/m0/s1. The second kappa shape index (κ2) is 6.86. The molecule has 3 fully saturated rings. The Hall–Kier alpha value is -1.63. The van der Waals surface area contributed by atoms with E-state index in [1.807, 2.05) is 0 Å². The van der Waals surface area contributed by atoms with Gasteiger partial charge in [-0.3, -0.25) is 9.59 Å². The van der Waals surface area contributed by atoms with E-state index >= 15 is 0 Å². The zero-order valence-electron chi connectivity index (χ0n) is 13.2. The van der Waals surface area contributed by atoms with E-state index in [9.17, 15) is 14.4 Å². The third-order valence-corrected chi connectivity index (χ3v) is 4.94. The normalized spacial score (nSPS) is 31.0. The molecular formula is C16H24N2O5. The number of nitrogens with one attached hydrogen (secondary N) is 1. The molecule has 7 heteroatoms. The van der Waals surface area contributed by atoms with Gasteiger partial charge in [0.1, 0.15) is 6.10 Å². The van der Waals surface area contributed by atoms with Gasteiger partial charge in [-0.25, -0.2) is 4.79 Å². The SMILES string of the molecule is O=C(NCC1CC1)C1CCCN(C(=O)[C@@H]2CC[C@H](C(=O)O)O2)C1. The number of carboxylic acid groups (broad SMARTS) is 1. The fourth-order valence-corrected chi connectivity index (χ4v) is 3.31. The third-order valence-electron chi connectivity index (χ3n) is 4.94. The van der Waals surface area contributed by atoms with Crippen molar-refractivity contribution in [1.82, 2.24) is 10.2 Å². The molecule has 1 unspecified atom stereocenters. The molecule has 3 rings (SSSR count). The third kappa shape index (κ3) is 4.02. The Morgan fingerprint density at radius 3 is 2.48 bits per heavy atom. The van der Waals surface area contributed by atoms with E-state index in [-0.39, 0.29) is 17.7 Å². The highest BCUT2D eigenvalue weighted by Crippen LogP contribution is 2.28. The van der Waals surface area contributed by atoms with Gasteiger partial charge in [-0.1, -0.05) is 0 Å². The number of ether oxygens (including phenoxy) is 1. The van der Waals surface area contributed by atoms with Gasteiger partial charge in [0, 0.05) is 19.6 Å². The van der Waals surface area contributed by atoms with E-state index in [1.54, 1.807) is 4.90 Å². The van der Waals surface area contributed by atoms with E-state index in [1.165, 1.54) is 12.8 Å². The van der Waals surface area contributed by atoms with Gasteiger partial charge in [0.2, 0.25) is 5.91 Å². The maximum atomic E-state index is 12.5. The number of rotatable bonds is 5. The summed E-state index contributed by atoms with van der Waals surface area (Å²) in [5.41, 5.74) is 0. The number of nitrogens with zero attached hydrogens (tertiary/aromatic N) is 1. The molecule has 128 valence electrons. The van der Waals surface area contributed by atoms with Crippen molar-refractivity contribution in [3.05, 3.63) is 0 Å². The first-order chi connectivity index (χ1) is 11.0. The first kappa shape index (κ1) is 16.2. The van der Waals surface area contributed by atoms with Gasteiger partial charge < -0.3 is 20.1 Å².